The molecule has 10 nitrogen and oxygen atoms in total. The summed E-state index contributed by atoms with van der Waals surface area (Å²) in [6.07, 6.45) is -2.44. The summed E-state index contributed by atoms with van der Waals surface area (Å²) in [5.74, 6) is -1.92. The number of aliphatic carboxylic acids is 2. The van der Waals surface area contributed by atoms with Crippen LogP contribution in [0, 0.1) is 5.92 Å². The van der Waals surface area contributed by atoms with Gasteiger partial charge in [0, 0.05) is 24.5 Å². The molecule has 34 heavy (non-hydrogen) atoms. The van der Waals surface area contributed by atoms with Gasteiger partial charge in [-0.05, 0) is 43.3 Å². The molecule has 4 atom stereocenters. The molecule has 4 unspecified atom stereocenters. The van der Waals surface area contributed by atoms with Crippen molar-refractivity contribution >= 4 is 22.7 Å². The molecule has 3 fully saturated rings. The maximum atomic E-state index is 10.3. The van der Waals surface area contributed by atoms with E-state index < -0.39 is 30.3 Å². The monoisotopic (exact) mass is 476 g/mol. The third-order valence-corrected chi connectivity index (χ3v) is 6.26. The molecule has 3 aliphatic rings. The number of ether oxygens (including phenoxy) is 1. The second kappa shape index (κ2) is 12.1. The molecule has 0 radical (unpaired) electrons. The third-order valence-electron chi connectivity index (χ3n) is 6.26. The van der Waals surface area contributed by atoms with Gasteiger partial charge in [0.05, 0.1) is 0 Å². The minimum Gasteiger partial charge on any atom is -0.490 e. The Morgan fingerprint density at radius 1 is 0.971 bits per heavy atom. The Bertz CT molecular complexity index is 940. The lowest BCUT2D eigenvalue weighted by Gasteiger charge is -2.45. The second-order valence-electron chi connectivity index (χ2n) is 8.66. The van der Waals surface area contributed by atoms with E-state index in [0.717, 1.165) is 29.0 Å². The van der Waals surface area contributed by atoms with Crippen molar-refractivity contribution in [2.75, 3.05) is 32.8 Å². The van der Waals surface area contributed by atoms with Crippen LogP contribution in [0.4, 0.5) is 0 Å². The summed E-state index contributed by atoms with van der Waals surface area (Å²) >= 11 is 0. The van der Waals surface area contributed by atoms with E-state index in [0.29, 0.717) is 19.2 Å². The predicted octanol–water partition coefficient (Wildman–Crippen LogP) is 0.141. The van der Waals surface area contributed by atoms with Gasteiger partial charge in [0.2, 0.25) is 0 Å². The van der Waals surface area contributed by atoms with Crippen molar-refractivity contribution in [2.45, 2.75) is 37.2 Å². The average molecular weight is 477 g/mol. The summed E-state index contributed by atoms with van der Waals surface area (Å²) in [5, 5.41) is 48.6. The third kappa shape index (κ3) is 6.87. The summed E-state index contributed by atoms with van der Waals surface area (Å²) < 4.78 is 5.88. The number of fused-ring (bicyclic) bond motifs is 4. The van der Waals surface area contributed by atoms with E-state index in [2.05, 4.69) is 28.4 Å². The number of hydrogen-bond acceptors (Lipinski definition) is 8. The number of aliphatic hydroxyl groups is 3. The van der Waals surface area contributed by atoms with E-state index in [1.165, 1.54) is 25.9 Å². The van der Waals surface area contributed by atoms with E-state index >= 15 is 0 Å². The molecule has 10 heteroatoms. The van der Waals surface area contributed by atoms with E-state index in [1.54, 1.807) is 0 Å². The van der Waals surface area contributed by atoms with Gasteiger partial charge < -0.3 is 40.5 Å². The first-order valence-electron chi connectivity index (χ1n) is 11.3. The Labute approximate surface area is 197 Å². The highest BCUT2D eigenvalue weighted by atomic mass is 16.5. The van der Waals surface area contributed by atoms with Crippen molar-refractivity contribution in [3.63, 3.8) is 0 Å². The maximum absolute atomic E-state index is 10.3. The number of hydrogen-bond donors (Lipinski definition) is 6. The van der Waals surface area contributed by atoms with Gasteiger partial charge in [-0.15, -0.1) is 0 Å². The SMILES string of the molecule is O=C(O)C(O)C(O)C(=O)O.OC(CNC1CN2CCC1CC2)COc1cccc2ccccc12. The van der Waals surface area contributed by atoms with Gasteiger partial charge in [0.25, 0.3) is 0 Å². The van der Waals surface area contributed by atoms with Crippen molar-refractivity contribution in [2.24, 2.45) is 5.92 Å². The number of carboxylic acid groups (broad SMARTS) is 2. The minimum absolute atomic E-state index is 0.322. The fourth-order valence-electron chi connectivity index (χ4n) is 4.32. The molecular formula is C24H32N2O8. The number of nitrogens with zero attached hydrogens (tertiary/aromatic N) is 1. The molecule has 186 valence electrons. The first-order valence-corrected chi connectivity index (χ1v) is 11.3. The van der Waals surface area contributed by atoms with Crippen molar-refractivity contribution < 1.29 is 39.9 Å². The molecule has 5 rings (SSSR count). The quantitative estimate of drug-likeness (QED) is 0.294. The zero-order valence-corrected chi connectivity index (χ0v) is 18.8. The van der Waals surface area contributed by atoms with Crippen molar-refractivity contribution in [1.29, 1.82) is 0 Å². The number of piperidine rings is 3. The smallest absolute Gasteiger partial charge is 0.335 e. The van der Waals surface area contributed by atoms with Gasteiger partial charge in [-0.25, -0.2) is 9.59 Å². The van der Waals surface area contributed by atoms with E-state index in [1.807, 2.05) is 24.3 Å². The van der Waals surface area contributed by atoms with Crippen LogP contribution in [-0.4, -0.2) is 99.5 Å². The lowest BCUT2D eigenvalue weighted by atomic mass is 9.84. The van der Waals surface area contributed by atoms with Crippen LogP contribution in [0.1, 0.15) is 12.8 Å². The number of nitrogens with one attached hydrogen (secondary N) is 1. The number of aliphatic hydroxyl groups excluding tert-OH is 3. The largest absolute Gasteiger partial charge is 0.490 e. The molecular weight excluding hydrogens is 444 g/mol. The molecule has 2 bridgehead atoms. The van der Waals surface area contributed by atoms with Crippen LogP contribution in [0.25, 0.3) is 10.8 Å². The highest BCUT2D eigenvalue weighted by Crippen LogP contribution is 2.27. The van der Waals surface area contributed by atoms with E-state index in [-0.39, 0.29) is 0 Å². The van der Waals surface area contributed by atoms with Crippen molar-refractivity contribution in [1.82, 2.24) is 10.2 Å². The zero-order valence-electron chi connectivity index (χ0n) is 18.8. The van der Waals surface area contributed by atoms with Gasteiger partial charge in [0.1, 0.15) is 18.5 Å². The first kappa shape index (κ1) is 25.9. The van der Waals surface area contributed by atoms with Crippen LogP contribution in [-0.2, 0) is 9.59 Å². The van der Waals surface area contributed by atoms with Gasteiger partial charge in [0.15, 0.2) is 12.2 Å². The predicted molar refractivity (Wildman–Crippen MR) is 124 cm³/mol. The van der Waals surface area contributed by atoms with Crippen LogP contribution in [0.5, 0.6) is 5.75 Å². The minimum atomic E-state index is -2.27. The Hall–Kier alpha value is -2.76. The van der Waals surface area contributed by atoms with Gasteiger partial charge in [-0.2, -0.15) is 0 Å². The average Bonchev–Trinajstić information content (AvgIpc) is 2.86. The normalized spacial score (nSPS) is 23.9. The molecule has 0 amide bonds. The molecule has 0 aliphatic carbocycles. The summed E-state index contributed by atoms with van der Waals surface area (Å²) in [7, 11) is 0. The highest BCUT2D eigenvalue weighted by molar-refractivity contribution is 5.88. The topological polar surface area (TPSA) is 160 Å². The van der Waals surface area contributed by atoms with Crippen molar-refractivity contribution in [3.8, 4) is 5.75 Å². The van der Waals surface area contributed by atoms with Gasteiger partial charge >= 0.3 is 11.9 Å². The standard InChI is InChI=1S/C20H26N2O2.C4H6O6/c23-17(12-21-19-13-22-10-8-16(19)9-11-22)14-24-20-7-3-5-15-4-1-2-6-18(15)20;5-1(3(7)8)2(6)4(9)10/h1-7,16-17,19,21,23H,8-14H2;1-2,5-6H,(H,7,8)(H,9,10). The Balaban J connectivity index is 0.000000277. The molecule has 0 spiro atoms. The number of carbonyl (C=O) groups is 2. The Kier molecular flexibility index (Phi) is 9.20. The molecule has 0 aromatic heterocycles. The van der Waals surface area contributed by atoms with Crippen LogP contribution in [0.2, 0.25) is 0 Å². The van der Waals surface area contributed by atoms with Crippen molar-refractivity contribution in [3.05, 3.63) is 42.5 Å². The lowest BCUT2D eigenvalue weighted by Crippen LogP contribution is -2.57. The first-order chi connectivity index (χ1) is 16.3. The molecule has 0 saturated carbocycles. The highest BCUT2D eigenvalue weighted by Gasteiger charge is 2.33. The number of carboxylic acids is 2. The lowest BCUT2D eigenvalue weighted by molar-refractivity contribution is -0.165. The van der Waals surface area contributed by atoms with E-state index in [4.69, 9.17) is 25.2 Å². The van der Waals surface area contributed by atoms with Crippen LogP contribution >= 0.6 is 0 Å². The number of rotatable bonds is 9. The summed E-state index contributed by atoms with van der Waals surface area (Å²) in [5.41, 5.74) is 0. The van der Waals surface area contributed by atoms with Crippen LogP contribution < -0.4 is 10.1 Å². The molecule has 2 aromatic rings. The molecule has 3 aliphatic heterocycles. The summed E-state index contributed by atoms with van der Waals surface area (Å²) in [6, 6.07) is 14.7. The van der Waals surface area contributed by atoms with Crippen LogP contribution in [0.3, 0.4) is 0 Å². The van der Waals surface area contributed by atoms with Crippen LogP contribution in [0.15, 0.2) is 42.5 Å². The molecule has 3 saturated heterocycles. The van der Waals surface area contributed by atoms with Gasteiger partial charge in [-0.1, -0.05) is 36.4 Å². The van der Waals surface area contributed by atoms with Gasteiger partial charge in [-0.3, -0.25) is 0 Å². The fourth-order valence-corrected chi connectivity index (χ4v) is 4.32. The molecule has 6 N–H and O–H groups in total. The van der Waals surface area contributed by atoms with E-state index in [9.17, 15) is 14.7 Å². The molecule has 2 aromatic carbocycles. The zero-order chi connectivity index (χ0) is 24.7. The summed E-state index contributed by atoms with van der Waals surface area (Å²) in [4.78, 5) is 22.1. The Morgan fingerprint density at radius 2 is 1.59 bits per heavy atom. The maximum Gasteiger partial charge on any atom is 0.335 e. The Morgan fingerprint density at radius 3 is 2.18 bits per heavy atom. The second-order valence-corrected chi connectivity index (χ2v) is 8.66. The molecule has 3 heterocycles. The fraction of sp³-hybridized carbons (Fsp3) is 0.500. The number of benzene rings is 2. The summed E-state index contributed by atoms with van der Waals surface area (Å²) in [6.45, 7) is 4.54.